The molecular formula is C30H23BrN2O6. The van der Waals surface area contributed by atoms with Gasteiger partial charge in [0.25, 0.3) is 5.69 Å². The van der Waals surface area contributed by atoms with Crippen molar-refractivity contribution < 1.29 is 24.0 Å². The third-order valence-corrected chi connectivity index (χ3v) is 8.48. The van der Waals surface area contributed by atoms with Crippen molar-refractivity contribution in [2.45, 2.75) is 0 Å². The number of nitro benzene ring substituents is 1. The van der Waals surface area contributed by atoms with E-state index < -0.39 is 16.8 Å². The minimum absolute atomic E-state index is 0.125. The van der Waals surface area contributed by atoms with Gasteiger partial charge in [-0.2, -0.15) is 0 Å². The molecule has 8 nitrogen and oxygen atoms in total. The third kappa shape index (κ3) is 3.87. The molecule has 0 unspecified atom stereocenters. The average molecular weight is 587 g/mol. The lowest BCUT2D eigenvalue weighted by atomic mass is 9.85. The number of amides is 2. The number of imide groups is 1. The summed E-state index contributed by atoms with van der Waals surface area (Å²) < 4.78 is 11.0. The van der Waals surface area contributed by atoms with Crippen LogP contribution in [0.1, 0.15) is 11.1 Å². The lowest BCUT2D eigenvalue weighted by molar-refractivity contribution is -0.384. The molecule has 2 amide bonds. The second kappa shape index (κ2) is 9.50. The van der Waals surface area contributed by atoms with Crippen molar-refractivity contribution in [2.24, 2.45) is 23.7 Å². The number of rotatable bonds is 6. The van der Waals surface area contributed by atoms with E-state index in [0.717, 1.165) is 33.8 Å². The van der Waals surface area contributed by atoms with Crippen LogP contribution < -0.4 is 14.4 Å². The van der Waals surface area contributed by atoms with Gasteiger partial charge in [-0.3, -0.25) is 19.7 Å². The largest absolute Gasteiger partial charge is 0.497 e. The van der Waals surface area contributed by atoms with Gasteiger partial charge in [-0.25, -0.2) is 4.90 Å². The molecule has 1 aliphatic heterocycles. The van der Waals surface area contributed by atoms with E-state index in [1.54, 1.807) is 14.2 Å². The summed E-state index contributed by atoms with van der Waals surface area (Å²) in [7, 11) is 3.23. The molecule has 9 heteroatoms. The Kier molecular flexibility index (Phi) is 6.10. The van der Waals surface area contributed by atoms with Gasteiger partial charge in [-0.15, -0.1) is 0 Å². The van der Waals surface area contributed by atoms with Crippen LogP contribution in [0.15, 0.2) is 88.9 Å². The molecule has 2 bridgehead atoms. The monoisotopic (exact) mass is 586 g/mol. The van der Waals surface area contributed by atoms with Gasteiger partial charge in [0, 0.05) is 28.4 Å². The maximum absolute atomic E-state index is 13.8. The van der Waals surface area contributed by atoms with E-state index >= 15 is 0 Å². The van der Waals surface area contributed by atoms with Crippen molar-refractivity contribution in [1.29, 1.82) is 0 Å². The molecule has 2 fully saturated rings. The second-order valence-electron chi connectivity index (χ2n) is 9.68. The number of methoxy groups -OCH3 is 2. The van der Waals surface area contributed by atoms with Crippen LogP contribution in [0, 0.1) is 33.8 Å². The summed E-state index contributed by atoms with van der Waals surface area (Å²) in [6, 6.07) is 19.6. The zero-order chi connectivity index (χ0) is 27.4. The van der Waals surface area contributed by atoms with Gasteiger partial charge < -0.3 is 9.47 Å². The first-order valence-corrected chi connectivity index (χ1v) is 13.2. The number of nitrogens with zero attached hydrogens (tertiary/aromatic N) is 2. The van der Waals surface area contributed by atoms with Gasteiger partial charge in [-0.05, 0) is 68.5 Å². The molecule has 0 radical (unpaired) electrons. The molecule has 3 aliphatic rings. The van der Waals surface area contributed by atoms with E-state index in [2.05, 4.69) is 15.9 Å². The van der Waals surface area contributed by atoms with Crippen LogP contribution in [-0.4, -0.2) is 31.0 Å². The van der Waals surface area contributed by atoms with Crippen LogP contribution in [0.5, 0.6) is 11.5 Å². The smallest absolute Gasteiger partial charge is 0.270 e. The minimum Gasteiger partial charge on any atom is -0.497 e. The molecule has 1 heterocycles. The summed E-state index contributed by atoms with van der Waals surface area (Å²) in [4.78, 5) is 39.5. The van der Waals surface area contributed by atoms with E-state index in [4.69, 9.17) is 9.47 Å². The Morgan fingerprint density at radius 2 is 1.31 bits per heavy atom. The van der Waals surface area contributed by atoms with Crippen LogP contribution in [0.3, 0.4) is 0 Å². The topological polar surface area (TPSA) is 99.0 Å². The molecule has 39 heavy (non-hydrogen) atoms. The SMILES string of the molecule is COc1ccc(C(=C2[C@H]3C=C[C@H]2[C@@H]2C(=O)N(c4ccc([N+](=O)[O-])cc4Br)C(=O)[C@H]23)c2ccc(OC)cc2)cc1. The van der Waals surface area contributed by atoms with Gasteiger partial charge >= 0.3 is 0 Å². The molecule has 0 N–H and O–H groups in total. The predicted molar refractivity (Wildman–Crippen MR) is 148 cm³/mol. The van der Waals surface area contributed by atoms with Crippen molar-refractivity contribution in [3.63, 3.8) is 0 Å². The Labute approximate surface area is 232 Å². The summed E-state index contributed by atoms with van der Waals surface area (Å²) in [5.74, 6) is -0.716. The van der Waals surface area contributed by atoms with Crippen LogP contribution in [-0.2, 0) is 9.59 Å². The molecule has 0 aromatic heterocycles. The summed E-state index contributed by atoms with van der Waals surface area (Å²) in [5.41, 5.74) is 4.15. The number of fused-ring (bicyclic) bond motifs is 5. The van der Waals surface area contributed by atoms with Crippen molar-refractivity contribution in [3.8, 4) is 11.5 Å². The van der Waals surface area contributed by atoms with Gasteiger partial charge in [0.1, 0.15) is 11.5 Å². The molecule has 6 rings (SSSR count). The first-order chi connectivity index (χ1) is 18.8. The average Bonchev–Trinajstić information content (AvgIpc) is 3.58. The second-order valence-corrected chi connectivity index (χ2v) is 10.5. The summed E-state index contributed by atoms with van der Waals surface area (Å²) in [5, 5.41) is 11.2. The van der Waals surface area contributed by atoms with Gasteiger partial charge in [-0.1, -0.05) is 36.4 Å². The number of halogens is 1. The standard InChI is InChI=1S/C30H23BrN2O6/c1-38-19-8-3-16(4-9-19)25(17-5-10-20(39-2)11-6-17)26-21-12-13-22(26)28-27(21)29(34)32(30(28)35)24-14-7-18(33(36)37)15-23(24)31/h3-15,21-22,27-28H,1-2H3/t21-,22-,27+,28+/m1/s1. The molecule has 1 saturated heterocycles. The number of hydrogen-bond acceptors (Lipinski definition) is 6. The summed E-state index contributed by atoms with van der Waals surface area (Å²) >= 11 is 3.33. The molecule has 3 aromatic rings. The van der Waals surface area contributed by atoms with Crippen LogP contribution in [0.2, 0.25) is 0 Å². The molecule has 196 valence electrons. The number of allylic oxidation sites excluding steroid dienone is 3. The lowest BCUT2D eigenvalue weighted by Crippen LogP contribution is -2.33. The normalized spacial score (nSPS) is 22.8. The van der Waals surface area contributed by atoms with Gasteiger partial charge in [0.2, 0.25) is 11.8 Å². The minimum atomic E-state index is -0.545. The fourth-order valence-electron chi connectivity index (χ4n) is 6.14. The zero-order valence-electron chi connectivity index (χ0n) is 21.0. The van der Waals surface area contributed by atoms with Crippen LogP contribution in [0.4, 0.5) is 11.4 Å². The lowest BCUT2D eigenvalue weighted by Gasteiger charge is -2.22. The molecule has 3 aromatic carbocycles. The fourth-order valence-corrected chi connectivity index (χ4v) is 6.68. The molecule has 1 saturated carbocycles. The Bertz CT molecular complexity index is 1490. The number of benzene rings is 3. The van der Waals surface area contributed by atoms with E-state index in [1.807, 2.05) is 60.7 Å². The number of anilines is 1. The Morgan fingerprint density at radius 3 is 1.72 bits per heavy atom. The zero-order valence-corrected chi connectivity index (χ0v) is 22.6. The van der Waals surface area contributed by atoms with Crippen LogP contribution in [0.25, 0.3) is 5.57 Å². The van der Waals surface area contributed by atoms with Crippen LogP contribution >= 0.6 is 15.9 Å². The van der Waals surface area contributed by atoms with Crippen molar-refractivity contribution >= 4 is 44.7 Å². The predicted octanol–water partition coefficient (Wildman–Crippen LogP) is 5.80. The number of carbonyl (C=O) groups excluding carboxylic acids is 2. The number of carbonyl (C=O) groups is 2. The Balaban J connectivity index is 1.45. The van der Waals surface area contributed by atoms with E-state index in [-0.39, 0.29) is 29.3 Å². The first kappa shape index (κ1) is 25.1. The maximum atomic E-state index is 13.8. The number of ether oxygens (including phenoxy) is 2. The highest BCUT2D eigenvalue weighted by atomic mass is 79.9. The molecule has 0 spiro atoms. The highest BCUT2D eigenvalue weighted by Gasteiger charge is 2.62. The first-order valence-electron chi connectivity index (χ1n) is 12.4. The van der Waals surface area contributed by atoms with Crippen molar-refractivity contribution in [3.05, 3.63) is 110 Å². The van der Waals surface area contributed by atoms with Gasteiger partial charge in [0.05, 0.1) is 36.7 Å². The van der Waals surface area contributed by atoms with E-state index in [1.165, 1.54) is 23.1 Å². The molecule has 2 aliphatic carbocycles. The molecular weight excluding hydrogens is 564 g/mol. The number of hydrogen-bond donors (Lipinski definition) is 0. The van der Waals surface area contributed by atoms with E-state index in [0.29, 0.717) is 10.2 Å². The fraction of sp³-hybridized carbons (Fsp3) is 0.200. The van der Waals surface area contributed by atoms with Crippen molar-refractivity contribution in [2.75, 3.05) is 19.1 Å². The number of nitro groups is 1. The van der Waals surface area contributed by atoms with Gasteiger partial charge in [0.15, 0.2) is 0 Å². The summed E-state index contributed by atoms with van der Waals surface area (Å²) in [6.45, 7) is 0. The Morgan fingerprint density at radius 1 is 0.821 bits per heavy atom. The quantitative estimate of drug-likeness (QED) is 0.157. The van der Waals surface area contributed by atoms with Crippen molar-refractivity contribution in [1.82, 2.24) is 0 Å². The Hall–Kier alpha value is -4.24. The summed E-state index contributed by atoms with van der Waals surface area (Å²) in [6.07, 6.45) is 4.07. The maximum Gasteiger partial charge on any atom is 0.270 e. The van der Waals surface area contributed by atoms with E-state index in [9.17, 15) is 19.7 Å². The number of non-ortho nitro benzene ring substituents is 1. The third-order valence-electron chi connectivity index (χ3n) is 7.84. The molecule has 4 atom stereocenters. The highest BCUT2D eigenvalue weighted by molar-refractivity contribution is 9.10. The highest BCUT2D eigenvalue weighted by Crippen LogP contribution is 2.59.